The summed E-state index contributed by atoms with van der Waals surface area (Å²) in [6, 6.07) is 10.7. The predicted molar refractivity (Wildman–Crippen MR) is 85.2 cm³/mol. The molecule has 1 aliphatic heterocycles. The van der Waals surface area contributed by atoms with Gasteiger partial charge in [0.15, 0.2) is 5.75 Å². The van der Waals surface area contributed by atoms with Crippen LogP contribution in [0.15, 0.2) is 48.9 Å². The predicted octanol–water partition coefficient (Wildman–Crippen LogP) is 3.10. The van der Waals surface area contributed by atoms with E-state index in [1.165, 1.54) is 13.4 Å². The van der Waals surface area contributed by atoms with Crippen molar-refractivity contribution in [3.63, 3.8) is 0 Å². The number of anilines is 2. The summed E-state index contributed by atoms with van der Waals surface area (Å²) in [6.45, 7) is 1.96. The smallest absolute Gasteiger partial charge is 0.262 e. The number of nitrogens with zero attached hydrogens (tertiary/aromatic N) is 1. The second-order valence-electron chi connectivity index (χ2n) is 5.01. The number of amides is 1. The maximum absolute atomic E-state index is 12.7. The van der Waals surface area contributed by atoms with Gasteiger partial charge in [-0.15, -0.1) is 0 Å². The zero-order valence-corrected chi connectivity index (χ0v) is 12.4. The molecule has 5 nitrogen and oxygen atoms in total. The molecule has 0 spiro atoms. The van der Waals surface area contributed by atoms with Crippen LogP contribution in [0.25, 0.3) is 0 Å². The number of ether oxygens (including phenoxy) is 2. The summed E-state index contributed by atoms with van der Waals surface area (Å²) < 4.78 is 10.5. The van der Waals surface area contributed by atoms with E-state index in [9.17, 15) is 4.79 Å². The molecule has 0 atom stereocenters. The summed E-state index contributed by atoms with van der Waals surface area (Å²) in [6.07, 6.45) is 3.09. The first-order valence-electron chi connectivity index (χ1n) is 6.81. The van der Waals surface area contributed by atoms with Gasteiger partial charge in [-0.1, -0.05) is 6.07 Å². The standard InChI is InChI=1S/C17H16N2O3/c1-11-3-5-16-14(9-11)19(7-8-22-16)17(20)12-4-6-15(21-2)13(18)10-12/h3-10H,18H2,1-2H3. The number of methoxy groups -OCH3 is 1. The molecular weight excluding hydrogens is 280 g/mol. The van der Waals surface area contributed by atoms with Gasteiger partial charge in [-0.25, -0.2) is 0 Å². The molecule has 0 radical (unpaired) electrons. The molecule has 0 bridgehead atoms. The van der Waals surface area contributed by atoms with Crippen LogP contribution in [-0.2, 0) is 0 Å². The fourth-order valence-electron chi connectivity index (χ4n) is 2.34. The number of aryl methyl sites for hydroxylation is 1. The Labute approximate surface area is 128 Å². The van der Waals surface area contributed by atoms with Crippen molar-refractivity contribution in [2.75, 3.05) is 17.7 Å². The van der Waals surface area contributed by atoms with Gasteiger partial charge >= 0.3 is 0 Å². The summed E-state index contributed by atoms with van der Waals surface area (Å²) in [7, 11) is 1.54. The Morgan fingerprint density at radius 2 is 2.05 bits per heavy atom. The van der Waals surface area contributed by atoms with Crippen molar-refractivity contribution >= 4 is 17.3 Å². The monoisotopic (exact) mass is 296 g/mol. The van der Waals surface area contributed by atoms with Crippen molar-refractivity contribution in [2.24, 2.45) is 0 Å². The van der Waals surface area contributed by atoms with Gasteiger partial charge in [-0.05, 0) is 42.8 Å². The first-order chi connectivity index (χ1) is 10.6. The molecule has 1 aliphatic rings. The number of rotatable bonds is 2. The molecule has 22 heavy (non-hydrogen) atoms. The van der Waals surface area contributed by atoms with E-state index < -0.39 is 0 Å². The van der Waals surface area contributed by atoms with Crippen LogP contribution in [0.2, 0.25) is 0 Å². The van der Waals surface area contributed by atoms with E-state index >= 15 is 0 Å². The fraction of sp³-hybridized carbons (Fsp3) is 0.118. The minimum atomic E-state index is -0.180. The van der Waals surface area contributed by atoms with E-state index in [0.717, 1.165) is 5.56 Å². The van der Waals surface area contributed by atoms with Crippen molar-refractivity contribution in [3.8, 4) is 11.5 Å². The number of benzene rings is 2. The van der Waals surface area contributed by atoms with Gasteiger partial charge in [0.25, 0.3) is 5.91 Å². The highest BCUT2D eigenvalue weighted by Crippen LogP contribution is 2.34. The second kappa shape index (κ2) is 5.44. The molecule has 5 heteroatoms. The van der Waals surface area contributed by atoms with Gasteiger partial charge in [-0.2, -0.15) is 0 Å². The van der Waals surface area contributed by atoms with E-state index in [2.05, 4.69) is 0 Å². The van der Waals surface area contributed by atoms with Crippen LogP contribution < -0.4 is 20.1 Å². The number of hydrogen-bond acceptors (Lipinski definition) is 4. The largest absolute Gasteiger partial charge is 0.495 e. The lowest BCUT2D eigenvalue weighted by Gasteiger charge is -2.25. The zero-order valence-electron chi connectivity index (χ0n) is 12.4. The number of carbonyl (C=O) groups excluding carboxylic acids is 1. The Balaban J connectivity index is 1.99. The summed E-state index contributed by atoms with van der Waals surface area (Å²) in [5.74, 6) is 1.01. The van der Waals surface area contributed by atoms with E-state index in [1.807, 2.05) is 25.1 Å². The molecule has 2 aromatic rings. The highest BCUT2D eigenvalue weighted by atomic mass is 16.5. The van der Waals surface area contributed by atoms with Crippen LogP contribution in [0.3, 0.4) is 0 Å². The van der Waals surface area contributed by atoms with Crippen LogP contribution in [0.4, 0.5) is 11.4 Å². The molecule has 3 rings (SSSR count). The molecule has 112 valence electrons. The minimum Gasteiger partial charge on any atom is -0.495 e. The van der Waals surface area contributed by atoms with E-state index in [0.29, 0.717) is 28.4 Å². The normalized spacial score (nSPS) is 12.5. The third-order valence-corrected chi connectivity index (χ3v) is 3.47. The first-order valence-corrected chi connectivity index (χ1v) is 6.81. The quantitative estimate of drug-likeness (QED) is 0.865. The van der Waals surface area contributed by atoms with Gasteiger partial charge < -0.3 is 15.2 Å². The van der Waals surface area contributed by atoms with Crippen LogP contribution >= 0.6 is 0 Å². The summed E-state index contributed by atoms with van der Waals surface area (Å²) in [5, 5.41) is 0. The second-order valence-corrected chi connectivity index (χ2v) is 5.01. The topological polar surface area (TPSA) is 64.8 Å². The van der Waals surface area contributed by atoms with Crippen LogP contribution in [0.5, 0.6) is 11.5 Å². The maximum Gasteiger partial charge on any atom is 0.262 e. The Hall–Kier alpha value is -2.95. The molecule has 0 aliphatic carbocycles. The lowest BCUT2D eigenvalue weighted by molar-refractivity contribution is 0.0995. The average Bonchev–Trinajstić information content (AvgIpc) is 2.53. The molecule has 0 unspecified atom stereocenters. The highest BCUT2D eigenvalue weighted by Gasteiger charge is 2.22. The van der Waals surface area contributed by atoms with E-state index in [4.69, 9.17) is 15.2 Å². The van der Waals surface area contributed by atoms with Crippen molar-refractivity contribution in [2.45, 2.75) is 6.92 Å². The van der Waals surface area contributed by atoms with Crippen LogP contribution in [-0.4, -0.2) is 13.0 Å². The van der Waals surface area contributed by atoms with Gasteiger partial charge in [-0.3, -0.25) is 9.69 Å². The molecule has 0 aromatic heterocycles. The van der Waals surface area contributed by atoms with Crippen LogP contribution in [0, 0.1) is 6.92 Å². The van der Waals surface area contributed by atoms with Gasteiger partial charge in [0.05, 0.1) is 18.5 Å². The summed E-state index contributed by atoms with van der Waals surface area (Å²) >= 11 is 0. The average molecular weight is 296 g/mol. The molecule has 0 saturated heterocycles. The molecule has 2 N–H and O–H groups in total. The van der Waals surface area contributed by atoms with E-state index in [1.54, 1.807) is 29.3 Å². The Morgan fingerprint density at radius 1 is 1.23 bits per heavy atom. The number of hydrogen-bond donors (Lipinski definition) is 1. The van der Waals surface area contributed by atoms with Gasteiger partial charge in [0.1, 0.15) is 12.0 Å². The van der Waals surface area contributed by atoms with Crippen LogP contribution in [0.1, 0.15) is 15.9 Å². The molecule has 0 fully saturated rings. The Kier molecular flexibility index (Phi) is 3.47. The SMILES string of the molecule is COc1ccc(C(=O)N2C=COc3ccc(C)cc32)cc1N. The highest BCUT2D eigenvalue weighted by molar-refractivity contribution is 6.09. The van der Waals surface area contributed by atoms with Gasteiger partial charge in [0, 0.05) is 11.8 Å². The number of nitrogen functional groups attached to an aromatic ring is 1. The Morgan fingerprint density at radius 3 is 2.77 bits per heavy atom. The van der Waals surface area contributed by atoms with E-state index in [-0.39, 0.29) is 5.91 Å². The number of carbonyl (C=O) groups is 1. The third kappa shape index (κ3) is 2.37. The lowest BCUT2D eigenvalue weighted by atomic mass is 10.1. The van der Waals surface area contributed by atoms with Crippen molar-refractivity contribution < 1.29 is 14.3 Å². The lowest BCUT2D eigenvalue weighted by Crippen LogP contribution is -2.27. The minimum absolute atomic E-state index is 0.180. The maximum atomic E-state index is 12.7. The first kappa shape index (κ1) is 14.0. The zero-order chi connectivity index (χ0) is 15.7. The van der Waals surface area contributed by atoms with Crippen molar-refractivity contribution in [3.05, 3.63) is 60.0 Å². The Bertz CT molecular complexity index is 768. The summed E-state index contributed by atoms with van der Waals surface area (Å²) in [5.41, 5.74) is 8.55. The molecular formula is C17H16N2O3. The molecule has 1 heterocycles. The molecule has 0 saturated carbocycles. The molecule has 1 amide bonds. The fourth-order valence-corrected chi connectivity index (χ4v) is 2.34. The van der Waals surface area contributed by atoms with Crippen molar-refractivity contribution in [1.29, 1.82) is 0 Å². The molecule has 2 aromatic carbocycles. The number of fused-ring (bicyclic) bond motifs is 1. The number of nitrogens with two attached hydrogens (primary N) is 1. The third-order valence-electron chi connectivity index (χ3n) is 3.47. The van der Waals surface area contributed by atoms with Gasteiger partial charge in [0.2, 0.25) is 0 Å². The van der Waals surface area contributed by atoms with Crippen molar-refractivity contribution in [1.82, 2.24) is 0 Å². The summed E-state index contributed by atoms with van der Waals surface area (Å²) in [4.78, 5) is 14.3.